The largest absolute Gasteiger partial charge is 0.508 e. The van der Waals surface area contributed by atoms with Gasteiger partial charge in [0.2, 0.25) is 5.91 Å². The van der Waals surface area contributed by atoms with Crippen LogP contribution in [0.3, 0.4) is 0 Å². The van der Waals surface area contributed by atoms with Crippen LogP contribution in [0.15, 0.2) is 181 Å². The Balaban J connectivity index is 0.000000126. The van der Waals surface area contributed by atoms with Crippen molar-refractivity contribution in [1.29, 1.82) is 0 Å². The lowest BCUT2D eigenvalue weighted by atomic mass is 9.49. The zero-order valence-corrected chi connectivity index (χ0v) is 65.3. The summed E-state index contributed by atoms with van der Waals surface area (Å²) in [6.07, 6.45) is 34.8. The van der Waals surface area contributed by atoms with E-state index >= 15 is 0 Å². The minimum Gasteiger partial charge on any atom is -0.508 e. The predicted molar refractivity (Wildman–Crippen MR) is 441 cm³/mol. The third-order valence-corrected chi connectivity index (χ3v) is 27.8. The van der Waals surface area contributed by atoms with E-state index in [9.17, 15) is 30.0 Å². The molecule has 14 heteroatoms. The molecule has 11 atom stereocenters. The maximum absolute atomic E-state index is 12.5. The molecule has 1 saturated heterocycles. The van der Waals surface area contributed by atoms with Crippen molar-refractivity contribution in [1.82, 2.24) is 24.0 Å². The maximum Gasteiger partial charge on any atom is 0.336 e. The number of para-hydroxylation sites is 3. The zero-order valence-electron chi connectivity index (χ0n) is 65.3. The molecule has 2 aromatic heterocycles. The average Bonchev–Trinajstić information content (AvgIpc) is 1.52. The summed E-state index contributed by atoms with van der Waals surface area (Å²) in [5.41, 5.74) is 15.0. The van der Waals surface area contributed by atoms with Crippen LogP contribution in [0.4, 0.5) is 5.69 Å². The molecule has 17 rings (SSSR count). The summed E-state index contributed by atoms with van der Waals surface area (Å²) in [7, 11) is 2.06. The number of aliphatic hydroxyl groups is 2. The number of benzene rings is 7. The van der Waals surface area contributed by atoms with Crippen LogP contribution in [0.1, 0.15) is 193 Å². The number of likely N-dealkylation sites (tertiary alicyclic amines) is 1. The molecule has 7 aliphatic carbocycles. The predicted octanol–water partition coefficient (Wildman–Crippen LogP) is 19.2. The van der Waals surface area contributed by atoms with E-state index < -0.39 is 17.2 Å². The van der Waals surface area contributed by atoms with Crippen LogP contribution in [0.25, 0.3) is 44.6 Å². The van der Waals surface area contributed by atoms with E-state index in [-0.39, 0.29) is 16.7 Å². The summed E-state index contributed by atoms with van der Waals surface area (Å²) in [5, 5.41) is 53.9. The van der Waals surface area contributed by atoms with Gasteiger partial charge in [0.05, 0.1) is 33.3 Å². The van der Waals surface area contributed by atoms with Gasteiger partial charge in [-0.05, 0) is 270 Å². The molecule has 9 aromatic rings. The molecule has 5 saturated carbocycles. The highest BCUT2D eigenvalue weighted by Gasteiger charge is 2.64. The Kier molecular flexibility index (Phi) is 23.0. The summed E-state index contributed by atoms with van der Waals surface area (Å²) in [6.45, 7) is 14.6. The van der Waals surface area contributed by atoms with E-state index in [1.54, 1.807) is 12.1 Å². The van der Waals surface area contributed by atoms with Crippen LogP contribution in [-0.4, -0.2) is 104 Å². The lowest BCUT2D eigenvalue weighted by Crippen LogP contribution is -2.53. The molecular weight excluding hydrogens is 1360 g/mol. The van der Waals surface area contributed by atoms with Crippen molar-refractivity contribution < 1.29 is 35.2 Å². The quantitative estimate of drug-likeness (QED) is 0.0398. The first-order valence-electron chi connectivity index (χ1n) is 40.9. The van der Waals surface area contributed by atoms with E-state index in [1.165, 1.54) is 35.1 Å². The van der Waals surface area contributed by atoms with E-state index in [0.29, 0.717) is 65.8 Å². The van der Waals surface area contributed by atoms with Crippen molar-refractivity contribution >= 4 is 45.3 Å². The standard InChI is InChI=1S/C33H30N4O2.C22H28N2O.C21H29NO2.C20H24O2/c1-4-9-30-35-31-21(2)18-24(32-34-27-12-7-8-13-28(27)36(32)3)19-29(31)37(30)20-22-14-16-23(17-15-22)25-10-5-6-11-26(25)33(38)39;1-2-22(25)24(20-11-7-4-8-12-20)21-14-17-23(18-15-21)16-13-19-9-5-3-6-10-19;1-3-20-11-9-17-16-8-6-15(22-24)13-14(16)5-7-18(17)19(20)10-12-21(20,23)4-2;1-3-20(22)11-9-18-17-6-4-13-12-14(21)5-7-15(13)16(17)8-10-19(18,20)2/h5-8,10-19H,4,9,20H2,1-3H3,(H,38,39);3-12,21H,2,13-18H2,1H3;2,13,16-19,23-24H,3,5-12H2,1H3;1,5,7,12,16-18,21-22H,4,6,8-11H2,2H3/b;;22-15+;/t;;16-,17+,18+,19-,20-,21-;16-,17-,18+,19+,20+/m..01/s1. The number of piperidine rings is 1. The van der Waals surface area contributed by atoms with Crippen molar-refractivity contribution in [2.45, 2.75) is 199 Å². The van der Waals surface area contributed by atoms with Gasteiger partial charge in [-0.15, -0.1) is 12.8 Å². The summed E-state index contributed by atoms with van der Waals surface area (Å²) in [4.78, 5) is 38.8. The molecule has 1 aliphatic heterocycles. The maximum atomic E-state index is 12.5. The second-order valence-electron chi connectivity index (χ2n) is 33.1. The fourth-order valence-electron chi connectivity index (χ4n) is 22.0. The number of hydrogen-bond donors (Lipinski definition) is 5. The Morgan fingerprint density at radius 1 is 0.655 bits per heavy atom. The fourth-order valence-corrected chi connectivity index (χ4v) is 22.0. The lowest BCUT2D eigenvalue weighted by Gasteiger charge is -2.56. The Hall–Kier alpha value is -9.57. The Bertz CT molecular complexity index is 4940. The molecule has 14 nitrogen and oxygen atoms in total. The van der Waals surface area contributed by atoms with Crippen molar-refractivity contribution in [2.24, 2.45) is 58.5 Å². The highest BCUT2D eigenvalue weighted by atomic mass is 16.4. The molecule has 110 heavy (non-hydrogen) atoms. The number of terminal acetylenes is 2. The number of imidazole rings is 2. The van der Waals surface area contributed by atoms with Crippen LogP contribution in [0.2, 0.25) is 0 Å². The van der Waals surface area contributed by atoms with Crippen LogP contribution in [-0.2, 0) is 37.6 Å². The molecule has 3 heterocycles. The number of nitrogens with zero attached hydrogens (tertiary/aromatic N) is 7. The number of carboxylic acid groups (broad SMARTS) is 1. The SMILES string of the molecule is C#C[C@]1(O)CC[C@H]2[C@@H]3CCC4=C/C(=N/O)CC[C@@H]4[C@H]3CC[C@@]21CC.C#C[C@]1(O)CC[C@H]2[C@@H]3CCc4cc(O)ccc4[C@H]3CC[C@@]21C.CCC(=O)N(c1ccccc1)C1CCN(CCc2ccccc2)CC1.CCCc1nc2c(C)cc(-c3nc4ccccc4n3C)cc2n1Cc1ccc(-c2ccccc2C(=O)O)cc1. The van der Waals surface area contributed by atoms with Gasteiger partial charge in [-0.1, -0.05) is 159 Å². The number of fused-ring (bicyclic) bond motifs is 12. The molecule has 6 fully saturated rings. The molecule has 0 bridgehead atoms. The number of carbonyl (C=O) groups is 2. The number of aromatic nitrogens is 4. The summed E-state index contributed by atoms with van der Waals surface area (Å²) in [5.74, 6) is 11.6. The number of aromatic carboxylic acids is 1. The first-order chi connectivity index (χ1) is 53.3. The van der Waals surface area contributed by atoms with Gasteiger partial charge in [0.15, 0.2) is 0 Å². The fraction of sp³-hybridized carbons (Fsp3) is 0.448. The normalized spacial score (nSPS) is 26.9. The van der Waals surface area contributed by atoms with Crippen LogP contribution < -0.4 is 4.90 Å². The zero-order chi connectivity index (χ0) is 77.1. The second-order valence-corrected chi connectivity index (χ2v) is 33.1. The third-order valence-electron chi connectivity index (χ3n) is 27.8. The third kappa shape index (κ3) is 14.8. The van der Waals surface area contributed by atoms with Crippen LogP contribution >= 0.6 is 0 Å². The van der Waals surface area contributed by atoms with Gasteiger partial charge in [-0.2, -0.15) is 0 Å². The van der Waals surface area contributed by atoms with Crippen molar-refractivity contribution in [2.75, 3.05) is 24.5 Å². The minimum absolute atomic E-state index is 0.0590. The number of allylic oxidation sites excluding steroid dienone is 2. The highest BCUT2D eigenvalue weighted by Crippen LogP contribution is 2.67. The highest BCUT2D eigenvalue weighted by molar-refractivity contribution is 5.97. The summed E-state index contributed by atoms with van der Waals surface area (Å²) >= 11 is 0. The van der Waals surface area contributed by atoms with E-state index in [1.807, 2.05) is 84.6 Å². The number of oxime groups is 1. The monoisotopic (exact) mass is 1470 g/mol. The second kappa shape index (κ2) is 32.8. The minimum atomic E-state index is -0.921. The van der Waals surface area contributed by atoms with E-state index in [2.05, 4.69) is 151 Å². The first kappa shape index (κ1) is 77.2. The molecule has 0 radical (unpaired) electrons. The van der Waals surface area contributed by atoms with Crippen LogP contribution in [0.5, 0.6) is 5.75 Å². The average molecular weight is 1470 g/mol. The molecule has 0 spiro atoms. The molecule has 0 unspecified atom stereocenters. The Morgan fingerprint density at radius 2 is 1.35 bits per heavy atom. The molecular formula is C96H111N7O7. The number of amides is 1. The topological polar surface area (TPSA) is 190 Å². The van der Waals surface area contributed by atoms with E-state index in [0.717, 1.165) is 214 Å². The van der Waals surface area contributed by atoms with Gasteiger partial charge in [0.25, 0.3) is 0 Å². The molecule has 5 N–H and O–H groups in total. The van der Waals surface area contributed by atoms with Crippen molar-refractivity contribution in [3.05, 3.63) is 215 Å². The number of carbonyl (C=O) groups excluding carboxylic acids is 1. The van der Waals surface area contributed by atoms with Gasteiger partial charge in [-0.3, -0.25) is 4.79 Å². The van der Waals surface area contributed by atoms with Crippen molar-refractivity contribution in [3.8, 4) is 53.0 Å². The number of hydrogen-bond acceptors (Lipinski definition) is 10. The summed E-state index contributed by atoms with van der Waals surface area (Å²) in [6, 6.07) is 54.9. The molecule has 7 aromatic carbocycles. The number of phenolic OH excluding ortho intramolecular Hbond substituents is 1. The molecule has 1 amide bonds. The molecule has 572 valence electrons. The van der Waals surface area contributed by atoms with E-state index in [4.69, 9.17) is 28.0 Å². The van der Waals surface area contributed by atoms with Crippen LogP contribution in [0, 0.1) is 77.9 Å². The smallest absolute Gasteiger partial charge is 0.336 e. The van der Waals surface area contributed by atoms with Crippen molar-refractivity contribution in [3.63, 3.8) is 0 Å². The Morgan fingerprint density at radius 3 is 2.06 bits per heavy atom. The lowest BCUT2D eigenvalue weighted by molar-refractivity contribution is -0.119. The number of rotatable bonds is 14. The number of aromatic hydroxyl groups is 1. The molecule has 8 aliphatic rings. The van der Waals surface area contributed by atoms with Gasteiger partial charge < -0.3 is 44.6 Å². The van der Waals surface area contributed by atoms with Gasteiger partial charge in [0.1, 0.15) is 28.6 Å². The van der Waals surface area contributed by atoms with Gasteiger partial charge >= 0.3 is 5.97 Å². The number of carboxylic acids is 1. The van der Waals surface area contributed by atoms with Gasteiger partial charge in [0, 0.05) is 74.2 Å². The number of phenols is 1. The first-order valence-corrected chi connectivity index (χ1v) is 40.9. The van der Waals surface area contributed by atoms with Gasteiger partial charge in [-0.25, -0.2) is 14.8 Å². The summed E-state index contributed by atoms with van der Waals surface area (Å²) < 4.78 is 4.47. The number of aryl methyl sites for hydroxylation is 4. The number of anilines is 1. The Labute approximate surface area is 650 Å².